The Labute approximate surface area is 96.2 Å². The molecule has 0 aliphatic carbocycles. The summed E-state index contributed by atoms with van der Waals surface area (Å²) in [6.07, 6.45) is 6.90. The van der Waals surface area contributed by atoms with Crippen molar-refractivity contribution in [3.63, 3.8) is 0 Å². The van der Waals surface area contributed by atoms with Crippen LogP contribution in [0.1, 0.15) is 49.3 Å². The zero-order chi connectivity index (χ0) is 11.1. The van der Waals surface area contributed by atoms with E-state index in [2.05, 4.69) is 13.8 Å². The molecule has 1 aromatic heterocycles. The summed E-state index contributed by atoms with van der Waals surface area (Å²) in [5, 5.41) is 0. The molecule has 0 spiro atoms. The Hall–Kier alpha value is -0.630. The Morgan fingerprint density at radius 2 is 1.47 bits per heavy atom. The molecule has 0 amide bonds. The molecule has 0 aliphatic heterocycles. The van der Waals surface area contributed by atoms with E-state index in [0.29, 0.717) is 0 Å². The van der Waals surface area contributed by atoms with Gasteiger partial charge in [0.05, 0.1) is 0 Å². The van der Waals surface area contributed by atoms with Gasteiger partial charge in [-0.1, -0.05) is 26.7 Å². The van der Waals surface area contributed by atoms with E-state index in [1.165, 1.54) is 35.4 Å². The zero-order valence-electron chi connectivity index (χ0n) is 9.71. The highest BCUT2D eigenvalue weighted by atomic mass is 32.1. The number of rotatable bonds is 6. The first-order valence-corrected chi connectivity index (χ1v) is 6.70. The van der Waals surface area contributed by atoms with Crippen molar-refractivity contribution in [1.82, 2.24) is 0 Å². The van der Waals surface area contributed by atoms with Crippen molar-refractivity contribution < 1.29 is 0 Å². The van der Waals surface area contributed by atoms with Crippen LogP contribution >= 0.6 is 11.3 Å². The first-order chi connectivity index (χ1) is 7.26. The molecule has 0 atom stereocenters. The van der Waals surface area contributed by atoms with Crippen molar-refractivity contribution >= 4 is 11.3 Å². The highest BCUT2D eigenvalue weighted by Crippen LogP contribution is 2.15. The van der Waals surface area contributed by atoms with Crippen molar-refractivity contribution in [2.75, 3.05) is 0 Å². The molecular formula is C13H20OS. The lowest BCUT2D eigenvalue weighted by molar-refractivity contribution is 0.796. The number of aryl methyl sites for hydroxylation is 2. The second kappa shape index (κ2) is 6.78. The SMILES string of the molecule is CCCCc1cc(=O)cc(CCCC)s1. The summed E-state index contributed by atoms with van der Waals surface area (Å²) in [6.45, 7) is 4.37. The second-order valence-corrected chi connectivity index (χ2v) is 5.19. The third-order valence-corrected chi connectivity index (χ3v) is 3.59. The normalized spacial score (nSPS) is 10.5. The Balaban J connectivity index is 2.71. The number of hydrogen-bond donors (Lipinski definition) is 0. The predicted octanol–water partition coefficient (Wildman–Crippen LogP) is 3.79. The summed E-state index contributed by atoms with van der Waals surface area (Å²) in [7, 11) is 0. The van der Waals surface area contributed by atoms with Crippen LogP contribution in [0, 0.1) is 0 Å². The number of hydrogen-bond acceptors (Lipinski definition) is 2. The summed E-state index contributed by atoms with van der Waals surface area (Å²) >= 11 is 1.82. The Kier molecular flexibility index (Phi) is 5.62. The first kappa shape index (κ1) is 12.4. The lowest BCUT2D eigenvalue weighted by atomic mass is 10.2. The predicted molar refractivity (Wildman–Crippen MR) is 67.8 cm³/mol. The molecular weight excluding hydrogens is 204 g/mol. The Morgan fingerprint density at radius 1 is 1.00 bits per heavy atom. The van der Waals surface area contributed by atoms with Crippen LogP contribution < -0.4 is 5.43 Å². The topological polar surface area (TPSA) is 17.1 Å². The summed E-state index contributed by atoms with van der Waals surface area (Å²) in [6, 6.07) is 3.60. The average molecular weight is 224 g/mol. The van der Waals surface area contributed by atoms with Crippen LogP contribution in [-0.4, -0.2) is 0 Å². The van der Waals surface area contributed by atoms with E-state index >= 15 is 0 Å². The lowest BCUT2D eigenvalue weighted by Gasteiger charge is -2.02. The molecule has 0 aromatic carbocycles. The molecule has 15 heavy (non-hydrogen) atoms. The average Bonchev–Trinajstić information content (AvgIpc) is 2.23. The fourth-order valence-corrected chi connectivity index (χ4v) is 2.71. The van der Waals surface area contributed by atoms with E-state index < -0.39 is 0 Å². The van der Waals surface area contributed by atoms with Gasteiger partial charge in [-0.2, -0.15) is 0 Å². The number of unbranched alkanes of at least 4 members (excludes halogenated alkanes) is 2. The molecule has 1 heterocycles. The molecule has 0 saturated heterocycles. The van der Waals surface area contributed by atoms with Crippen molar-refractivity contribution in [1.29, 1.82) is 0 Å². The standard InChI is InChI=1S/C13H20OS/c1-3-5-7-12-9-11(14)10-13(15-12)8-6-4-2/h9-10H,3-8H2,1-2H3. The van der Waals surface area contributed by atoms with E-state index in [1.807, 2.05) is 11.3 Å². The van der Waals surface area contributed by atoms with Crippen molar-refractivity contribution in [3.8, 4) is 0 Å². The largest absolute Gasteiger partial charge is 0.290 e. The van der Waals surface area contributed by atoms with Gasteiger partial charge in [0.15, 0.2) is 5.43 Å². The second-order valence-electron chi connectivity index (χ2n) is 3.93. The molecule has 0 radical (unpaired) electrons. The molecule has 0 bridgehead atoms. The van der Waals surface area contributed by atoms with Crippen LogP contribution in [0.5, 0.6) is 0 Å². The molecule has 1 nitrogen and oxygen atoms in total. The van der Waals surface area contributed by atoms with Gasteiger partial charge in [-0.25, -0.2) is 0 Å². The van der Waals surface area contributed by atoms with E-state index in [1.54, 1.807) is 12.1 Å². The van der Waals surface area contributed by atoms with Crippen LogP contribution in [0.4, 0.5) is 0 Å². The molecule has 0 unspecified atom stereocenters. The van der Waals surface area contributed by atoms with E-state index in [4.69, 9.17) is 0 Å². The summed E-state index contributed by atoms with van der Waals surface area (Å²) in [4.78, 5) is 14.0. The fourth-order valence-electron chi connectivity index (χ4n) is 1.53. The van der Waals surface area contributed by atoms with Crippen molar-refractivity contribution in [3.05, 3.63) is 32.1 Å². The molecule has 1 rings (SSSR count). The highest BCUT2D eigenvalue weighted by molar-refractivity contribution is 7.11. The van der Waals surface area contributed by atoms with Gasteiger partial charge in [-0.15, -0.1) is 11.3 Å². The van der Waals surface area contributed by atoms with Gasteiger partial charge in [0.25, 0.3) is 0 Å². The van der Waals surface area contributed by atoms with Gasteiger partial charge in [-0.05, 0) is 37.8 Å². The van der Waals surface area contributed by atoms with Gasteiger partial charge in [-0.3, -0.25) is 4.79 Å². The third-order valence-electron chi connectivity index (χ3n) is 2.42. The minimum Gasteiger partial charge on any atom is -0.290 e. The van der Waals surface area contributed by atoms with Crippen LogP contribution in [-0.2, 0) is 12.8 Å². The lowest BCUT2D eigenvalue weighted by Crippen LogP contribution is -2.00. The van der Waals surface area contributed by atoms with Crippen LogP contribution in [0.15, 0.2) is 16.9 Å². The minimum atomic E-state index is 0.186. The maximum atomic E-state index is 11.4. The van der Waals surface area contributed by atoms with Gasteiger partial charge in [0.1, 0.15) is 0 Å². The Morgan fingerprint density at radius 3 is 1.87 bits per heavy atom. The maximum Gasteiger partial charge on any atom is 0.180 e. The zero-order valence-corrected chi connectivity index (χ0v) is 10.5. The molecule has 0 aliphatic rings. The molecule has 2 heteroatoms. The third kappa shape index (κ3) is 4.61. The highest BCUT2D eigenvalue weighted by Gasteiger charge is 2.00. The van der Waals surface area contributed by atoms with E-state index in [-0.39, 0.29) is 5.43 Å². The smallest absolute Gasteiger partial charge is 0.180 e. The molecule has 84 valence electrons. The van der Waals surface area contributed by atoms with Crippen molar-refractivity contribution in [2.24, 2.45) is 0 Å². The van der Waals surface area contributed by atoms with Crippen molar-refractivity contribution in [2.45, 2.75) is 52.4 Å². The summed E-state index contributed by atoms with van der Waals surface area (Å²) in [5.41, 5.74) is 0.186. The molecule has 0 saturated carbocycles. The molecule has 0 fully saturated rings. The van der Waals surface area contributed by atoms with E-state index in [9.17, 15) is 4.79 Å². The fraction of sp³-hybridized carbons (Fsp3) is 0.615. The van der Waals surface area contributed by atoms with Crippen LogP contribution in [0.25, 0.3) is 0 Å². The van der Waals surface area contributed by atoms with Crippen LogP contribution in [0.3, 0.4) is 0 Å². The molecule has 1 aromatic rings. The van der Waals surface area contributed by atoms with Gasteiger partial charge in [0, 0.05) is 9.75 Å². The molecule has 0 N–H and O–H groups in total. The summed E-state index contributed by atoms with van der Waals surface area (Å²) in [5.74, 6) is 0. The summed E-state index contributed by atoms with van der Waals surface area (Å²) < 4.78 is 0. The van der Waals surface area contributed by atoms with E-state index in [0.717, 1.165) is 12.8 Å². The minimum absolute atomic E-state index is 0.186. The van der Waals surface area contributed by atoms with Gasteiger partial charge in [0.2, 0.25) is 0 Å². The Bertz CT molecular complexity index is 311. The first-order valence-electron chi connectivity index (χ1n) is 5.89. The quantitative estimate of drug-likeness (QED) is 0.718. The van der Waals surface area contributed by atoms with Gasteiger partial charge < -0.3 is 0 Å². The monoisotopic (exact) mass is 224 g/mol. The maximum absolute atomic E-state index is 11.4. The van der Waals surface area contributed by atoms with Gasteiger partial charge >= 0.3 is 0 Å². The van der Waals surface area contributed by atoms with Crippen LogP contribution in [0.2, 0.25) is 0 Å².